The van der Waals surface area contributed by atoms with Gasteiger partial charge in [-0.3, -0.25) is 14.9 Å². The molecule has 1 aromatic heterocycles. The third-order valence-corrected chi connectivity index (χ3v) is 6.54. The molecular formula is C17H15ClN6O6S. The number of ether oxygens (including phenoxy) is 1. The van der Waals surface area contributed by atoms with E-state index in [4.69, 9.17) is 16.3 Å². The van der Waals surface area contributed by atoms with Crippen LogP contribution in [0.5, 0.6) is 11.8 Å². The fourth-order valence-corrected chi connectivity index (χ4v) is 5.25. The van der Waals surface area contributed by atoms with E-state index in [1.165, 1.54) is 40.9 Å². The number of aromatic nitrogens is 3. The van der Waals surface area contributed by atoms with Crippen molar-refractivity contribution in [2.75, 3.05) is 5.32 Å². The molecule has 2 aromatic rings. The standard InChI is InChI=1S/C17H15ClN6O6S/c1-17(2)10(13(26)27)23-11(25)9(12(23)31-17)19-15-20-14(18)21-16(22-15)30-8-5-3-7(4-6-8)24(28)29/h3-6,9-10,12H,1-2H3,(H,26,27)(H,19,20,21,22)/t9-,10+,12-/m1/s1. The highest BCUT2D eigenvalue weighted by Crippen LogP contribution is 2.51. The first kappa shape index (κ1) is 21.1. The van der Waals surface area contributed by atoms with Crippen LogP contribution in [0.4, 0.5) is 11.6 Å². The number of nitro benzene ring substituents is 1. The van der Waals surface area contributed by atoms with Crippen LogP contribution in [0, 0.1) is 10.1 Å². The summed E-state index contributed by atoms with van der Waals surface area (Å²) in [6.45, 7) is 3.55. The number of carbonyl (C=O) groups is 2. The number of benzene rings is 1. The molecule has 0 bridgehead atoms. The largest absolute Gasteiger partial charge is 0.480 e. The summed E-state index contributed by atoms with van der Waals surface area (Å²) in [7, 11) is 0. The van der Waals surface area contributed by atoms with Crippen LogP contribution in [-0.4, -0.2) is 64.0 Å². The van der Waals surface area contributed by atoms with Gasteiger partial charge < -0.3 is 20.1 Å². The van der Waals surface area contributed by atoms with E-state index in [0.717, 1.165) is 0 Å². The van der Waals surface area contributed by atoms with Crippen LogP contribution in [-0.2, 0) is 9.59 Å². The van der Waals surface area contributed by atoms with Gasteiger partial charge in [0.15, 0.2) is 0 Å². The van der Waals surface area contributed by atoms with E-state index in [1.807, 2.05) is 0 Å². The summed E-state index contributed by atoms with van der Waals surface area (Å²) < 4.78 is 4.81. The molecule has 2 fully saturated rings. The highest BCUT2D eigenvalue weighted by atomic mass is 35.5. The molecule has 1 amide bonds. The van der Waals surface area contributed by atoms with Crippen LogP contribution in [0.1, 0.15) is 13.8 Å². The molecule has 0 radical (unpaired) electrons. The molecule has 2 saturated heterocycles. The zero-order valence-electron chi connectivity index (χ0n) is 16.1. The molecule has 0 saturated carbocycles. The van der Waals surface area contributed by atoms with Gasteiger partial charge in [-0.1, -0.05) is 0 Å². The monoisotopic (exact) mass is 466 g/mol. The fraction of sp³-hybridized carbons (Fsp3) is 0.353. The maximum absolute atomic E-state index is 12.6. The van der Waals surface area contributed by atoms with Crippen LogP contribution in [0.3, 0.4) is 0 Å². The Balaban J connectivity index is 1.50. The molecule has 2 aliphatic heterocycles. The van der Waals surface area contributed by atoms with Gasteiger partial charge in [-0.15, -0.1) is 11.8 Å². The normalized spacial score (nSPS) is 23.6. The number of aliphatic carboxylic acids is 1. The summed E-state index contributed by atoms with van der Waals surface area (Å²) in [5.41, 5.74) is -0.104. The Bertz CT molecular complexity index is 1080. The van der Waals surface area contributed by atoms with Gasteiger partial charge in [-0.25, -0.2) is 4.79 Å². The predicted octanol–water partition coefficient (Wildman–Crippen LogP) is 2.15. The second-order valence-corrected chi connectivity index (χ2v) is 9.39. The van der Waals surface area contributed by atoms with E-state index < -0.39 is 33.1 Å². The number of carboxylic acid groups (broad SMARTS) is 1. The summed E-state index contributed by atoms with van der Waals surface area (Å²) in [4.78, 5) is 47.6. The van der Waals surface area contributed by atoms with Crippen molar-refractivity contribution in [2.45, 2.75) is 36.1 Å². The second kappa shape index (κ2) is 7.50. The first-order chi connectivity index (χ1) is 14.6. The molecular weight excluding hydrogens is 452 g/mol. The van der Waals surface area contributed by atoms with Gasteiger partial charge in [0.1, 0.15) is 23.2 Å². The molecule has 14 heteroatoms. The topological polar surface area (TPSA) is 161 Å². The molecule has 0 aliphatic carbocycles. The molecule has 1 aromatic carbocycles. The van der Waals surface area contributed by atoms with Gasteiger partial charge in [0.05, 0.1) is 4.92 Å². The number of thioether (sulfide) groups is 1. The zero-order chi connectivity index (χ0) is 22.5. The van der Waals surface area contributed by atoms with Gasteiger partial charge in [-0.2, -0.15) is 15.0 Å². The van der Waals surface area contributed by atoms with E-state index in [9.17, 15) is 24.8 Å². The molecule has 2 aliphatic rings. The van der Waals surface area contributed by atoms with E-state index in [-0.39, 0.29) is 34.6 Å². The van der Waals surface area contributed by atoms with Crippen LogP contribution in [0.25, 0.3) is 0 Å². The number of nitro groups is 1. The molecule has 162 valence electrons. The number of fused-ring (bicyclic) bond motifs is 1. The second-order valence-electron chi connectivity index (χ2n) is 7.28. The summed E-state index contributed by atoms with van der Waals surface area (Å²) >= 11 is 7.31. The van der Waals surface area contributed by atoms with Crippen molar-refractivity contribution in [3.05, 3.63) is 39.7 Å². The average molecular weight is 467 g/mol. The van der Waals surface area contributed by atoms with Gasteiger partial charge in [0.25, 0.3) is 5.69 Å². The number of β-lactam (4-membered cyclic amide) rings is 1. The molecule has 3 heterocycles. The van der Waals surface area contributed by atoms with Crippen molar-refractivity contribution in [1.82, 2.24) is 19.9 Å². The van der Waals surface area contributed by atoms with Gasteiger partial charge in [0.2, 0.25) is 17.1 Å². The summed E-state index contributed by atoms with van der Waals surface area (Å²) in [6, 6.07) is 3.42. The van der Waals surface area contributed by atoms with Crippen molar-refractivity contribution < 1.29 is 24.4 Å². The maximum atomic E-state index is 12.6. The van der Waals surface area contributed by atoms with Gasteiger partial charge in [0, 0.05) is 16.9 Å². The van der Waals surface area contributed by atoms with Crippen molar-refractivity contribution in [2.24, 2.45) is 0 Å². The van der Waals surface area contributed by atoms with Crippen LogP contribution >= 0.6 is 23.4 Å². The van der Waals surface area contributed by atoms with Crippen LogP contribution in [0.2, 0.25) is 5.28 Å². The van der Waals surface area contributed by atoms with E-state index in [1.54, 1.807) is 13.8 Å². The van der Waals surface area contributed by atoms with Gasteiger partial charge >= 0.3 is 12.0 Å². The number of halogens is 1. The smallest absolute Gasteiger partial charge is 0.328 e. The number of anilines is 1. The lowest BCUT2D eigenvalue weighted by molar-refractivity contribution is -0.384. The lowest BCUT2D eigenvalue weighted by Crippen LogP contribution is -2.68. The molecule has 3 atom stereocenters. The third kappa shape index (κ3) is 3.81. The minimum Gasteiger partial charge on any atom is -0.480 e. The lowest BCUT2D eigenvalue weighted by Gasteiger charge is -2.43. The number of nitrogens with one attached hydrogen (secondary N) is 1. The molecule has 0 spiro atoms. The Morgan fingerprint density at radius 2 is 2.00 bits per heavy atom. The number of carboxylic acids is 1. The summed E-state index contributed by atoms with van der Waals surface area (Å²) in [5.74, 6) is -1.23. The van der Waals surface area contributed by atoms with Crippen molar-refractivity contribution >= 4 is 46.9 Å². The Kier molecular flexibility index (Phi) is 5.09. The fourth-order valence-electron chi connectivity index (χ4n) is 3.47. The minimum atomic E-state index is -1.06. The maximum Gasteiger partial charge on any atom is 0.328 e. The Morgan fingerprint density at radius 3 is 2.61 bits per heavy atom. The van der Waals surface area contributed by atoms with E-state index in [0.29, 0.717) is 0 Å². The molecule has 31 heavy (non-hydrogen) atoms. The SMILES string of the molecule is CC1(C)S[C@@H]2[C@H](Nc3nc(Cl)nc(Oc4ccc([N+](=O)[O-])cc4)n3)C(=O)N2[C@H]1C(=O)O. The average Bonchev–Trinajstić information content (AvgIpc) is 2.94. The van der Waals surface area contributed by atoms with Crippen molar-refractivity contribution in [3.8, 4) is 11.8 Å². The number of nitrogens with zero attached hydrogens (tertiary/aromatic N) is 5. The quantitative estimate of drug-likeness (QED) is 0.364. The Hall–Kier alpha value is -3.19. The molecule has 12 nitrogen and oxygen atoms in total. The number of hydrogen-bond donors (Lipinski definition) is 2. The molecule has 2 N–H and O–H groups in total. The van der Waals surface area contributed by atoms with Crippen LogP contribution < -0.4 is 10.1 Å². The predicted molar refractivity (Wildman–Crippen MR) is 109 cm³/mol. The highest BCUT2D eigenvalue weighted by molar-refractivity contribution is 8.01. The van der Waals surface area contributed by atoms with E-state index >= 15 is 0 Å². The van der Waals surface area contributed by atoms with Crippen LogP contribution in [0.15, 0.2) is 24.3 Å². The number of carbonyl (C=O) groups excluding carboxylic acids is 1. The first-order valence-electron chi connectivity index (χ1n) is 8.90. The molecule has 0 unspecified atom stereocenters. The minimum absolute atomic E-state index is 0.0212. The number of hydrogen-bond acceptors (Lipinski definition) is 10. The lowest BCUT2D eigenvalue weighted by atomic mass is 9.96. The Morgan fingerprint density at radius 1 is 1.32 bits per heavy atom. The number of non-ortho nitro benzene ring substituents is 1. The van der Waals surface area contributed by atoms with E-state index in [2.05, 4.69) is 20.3 Å². The van der Waals surface area contributed by atoms with Crippen molar-refractivity contribution in [3.63, 3.8) is 0 Å². The third-order valence-electron chi connectivity index (χ3n) is 4.80. The first-order valence-corrected chi connectivity index (χ1v) is 10.2. The zero-order valence-corrected chi connectivity index (χ0v) is 17.6. The Labute approximate surface area is 184 Å². The molecule has 4 rings (SSSR count). The highest BCUT2D eigenvalue weighted by Gasteiger charge is 2.64. The van der Waals surface area contributed by atoms with Gasteiger partial charge in [-0.05, 0) is 37.6 Å². The number of amides is 1. The number of rotatable bonds is 6. The van der Waals surface area contributed by atoms with Crippen molar-refractivity contribution in [1.29, 1.82) is 0 Å². The summed E-state index contributed by atoms with van der Waals surface area (Å²) in [5, 5.41) is 22.5. The summed E-state index contributed by atoms with van der Waals surface area (Å²) in [6.07, 6.45) is 0.